The molecule has 38 heavy (non-hydrogen) atoms. The second kappa shape index (κ2) is 10.5. The Morgan fingerprint density at radius 1 is 1.11 bits per heavy atom. The van der Waals surface area contributed by atoms with Gasteiger partial charge in [0.05, 0.1) is 28.5 Å². The van der Waals surface area contributed by atoms with Crippen molar-refractivity contribution in [1.82, 2.24) is 9.13 Å². The van der Waals surface area contributed by atoms with E-state index in [4.69, 9.17) is 4.74 Å². The first-order valence-electron chi connectivity index (χ1n) is 12.4. The summed E-state index contributed by atoms with van der Waals surface area (Å²) in [6.45, 7) is 10.1. The Balaban J connectivity index is 1.68. The summed E-state index contributed by atoms with van der Waals surface area (Å²) in [6, 6.07) is 17.5. The SMILES string of the molecule is CCOC(=O)C1=C(C)N=c2s/c(=C/c3cc(C)n(-c4ccc(C)c(I)c4)c3C)c(=O)n2C1c1ccccc1. The molecule has 0 amide bonds. The van der Waals surface area contributed by atoms with Crippen LogP contribution in [0, 0.1) is 24.3 Å². The van der Waals surface area contributed by atoms with Crippen LogP contribution in [0.4, 0.5) is 0 Å². The van der Waals surface area contributed by atoms with E-state index in [1.54, 1.807) is 18.4 Å². The fourth-order valence-electron chi connectivity index (χ4n) is 4.94. The van der Waals surface area contributed by atoms with Crippen LogP contribution in [0.3, 0.4) is 0 Å². The van der Waals surface area contributed by atoms with Crippen LogP contribution in [0.25, 0.3) is 11.8 Å². The predicted octanol–water partition coefficient (Wildman–Crippen LogP) is 5.12. The third-order valence-corrected chi connectivity index (χ3v) is 8.95. The van der Waals surface area contributed by atoms with E-state index in [2.05, 4.69) is 77.2 Å². The lowest BCUT2D eigenvalue weighted by Gasteiger charge is -2.24. The van der Waals surface area contributed by atoms with Crippen LogP contribution in [0.15, 0.2) is 75.7 Å². The highest BCUT2D eigenvalue weighted by atomic mass is 127. The van der Waals surface area contributed by atoms with Gasteiger partial charge in [0.15, 0.2) is 4.80 Å². The first kappa shape index (κ1) is 26.4. The summed E-state index contributed by atoms with van der Waals surface area (Å²) >= 11 is 3.70. The predicted molar refractivity (Wildman–Crippen MR) is 160 cm³/mol. The van der Waals surface area contributed by atoms with E-state index in [9.17, 15) is 9.59 Å². The highest BCUT2D eigenvalue weighted by molar-refractivity contribution is 14.1. The number of aromatic nitrogens is 2. The minimum absolute atomic E-state index is 0.174. The monoisotopic (exact) mass is 637 g/mol. The number of hydrogen-bond donors (Lipinski definition) is 0. The number of nitrogens with zero attached hydrogens (tertiary/aromatic N) is 3. The first-order valence-corrected chi connectivity index (χ1v) is 14.3. The minimum Gasteiger partial charge on any atom is -0.463 e. The van der Waals surface area contributed by atoms with Gasteiger partial charge >= 0.3 is 5.97 Å². The van der Waals surface area contributed by atoms with Gasteiger partial charge in [0.1, 0.15) is 0 Å². The molecule has 0 aliphatic carbocycles. The molecule has 0 saturated heterocycles. The molecule has 6 nitrogen and oxygen atoms in total. The quantitative estimate of drug-likeness (QED) is 0.226. The van der Waals surface area contributed by atoms with Gasteiger partial charge < -0.3 is 9.30 Å². The molecule has 1 aliphatic heterocycles. The molecule has 1 aliphatic rings. The summed E-state index contributed by atoms with van der Waals surface area (Å²) < 4.78 is 11.0. The molecule has 2 aromatic heterocycles. The largest absolute Gasteiger partial charge is 0.463 e. The summed E-state index contributed by atoms with van der Waals surface area (Å²) in [5, 5.41) is 0. The number of rotatable bonds is 5. The molecule has 194 valence electrons. The van der Waals surface area contributed by atoms with Crippen LogP contribution in [-0.2, 0) is 9.53 Å². The van der Waals surface area contributed by atoms with Crippen LogP contribution >= 0.6 is 33.9 Å². The number of aryl methyl sites for hydroxylation is 2. The van der Waals surface area contributed by atoms with E-state index in [-0.39, 0.29) is 12.2 Å². The van der Waals surface area contributed by atoms with Crippen LogP contribution in [0.1, 0.15) is 48.0 Å². The highest BCUT2D eigenvalue weighted by Crippen LogP contribution is 2.30. The van der Waals surface area contributed by atoms with Crippen molar-refractivity contribution < 1.29 is 9.53 Å². The fraction of sp³-hybridized carbons (Fsp3) is 0.233. The van der Waals surface area contributed by atoms with Gasteiger partial charge in [0, 0.05) is 20.6 Å². The molecule has 0 radical (unpaired) electrons. The number of fused-ring (bicyclic) bond motifs is 1. The Labute approximate surface area is 238 Å². The summed E-state index contributed by atoms with van der Waals surface area (Å²) in [5.74, 6) is -0.451. The van der Waals surface area contributed by atoms with Crippen molar-refractivity contribution in [1.29, 1.82) is 0 Å². The van der Waals surface area contributed by atoms with Crippen LogP contribution in [0.2, 0.25) is 0 Å². The Bertz CT molecular complexity index is 1780. The lowest BCUT2D eigenvalue weighted by Crippen LogP contribution is -2.39. The molecule has 8 heteroatoms. The van der Waals surface area contributed by atoms with Crippen LogP contribution in [0.5, 0.6) is 0 Å². The second-order valence-corrected chi connectivity index (χ2v) is 11.5. The van der Waals surface area contributed by atoms with Crippen molar-refractivity contribution in [3.05, 3.63) is 117 Å². The van der Waals surface area contributed by atoms with E-state index < -0.39 is 12.0 Å². The van der Waals surface area contributed by atoms with Crippen LogP contribution in [-0.4, -0.2) is 21.7 Å². The Morgan fingerprint density at radius 2 is 1.84 bits per heavy atom. The molecule has 0 bridgehead atoms. The van der Waals surface area contributed by atoms with Crippen molar-refractivity contribution in [2.45, 2.75) is 40.7 Å². The van der Waals surface area contributed by atoms with Crippen molar-refractivity contribution in [2.75, 3.05) is 6.61 Å². The lowest BCUT2D eigenvalue weighted by molar-refractivity contribution is -0.139. The number of carbonyl (C=O) groups is 1. The Hall–Kier alpha value is -3.24. The topological polar surface area (TPSA) is 65.6 Å². The molecular formula is C30H28IN3O3S. The maximum atomic E-state index is 13.9. The summed E-state index contributed by atoms with van der Waals surface area (Å²) in [4.78, 5) is 32.1. The van der Waals surface area contributed by atoms with Gasteiger partial charge in [-0.3, -0.25) is 9.36 Å². The number of thiazole rings is 1. The van der Waals surface area contributed by atoms with E-state index in [0.29, 0.717) is 20.6 Å². The maximum Gasteiger partial charge on any atom is 0.338 e. The molecule has 1 atom stereocenters. The zero-order chi connectivity index (χ0) is 27.1. The van der Waals surface area contributed by atoms with Crippen LogP contribution < -0.4 is 14.9 Å². The summed E-state index contributed by atoms with van der Waals surface area (Å²) in [7, 11) is 0. The second-order valence-electron chi connectivity index (χ2n) is 9.31. The average Bonchev–Trinajstić information content (AvgIpc) is 3.34. The number of hydrogen-bond acceptors (Lipinski definition) is 5. The van der Waals surface area contributed by atoms with Gasteiger partial charge in [0.25, 0.3) is 5.56 Å². The van der Waals surface area contributed by atoms with Crippen molar-refractivity contribution >= 4 is 46.0 Å². The standard InChI is InChI=1S/C30H28IN3O3S/c1-6-37-29(36)26-19(4)32-30-34(27(26)21-10-8-7-9-11-21)28(35)25(38-30)15-22-14-18(3)33(20(22)5)23-13-12-17(2)24(31)16-23/h7-16,27H,6H2,1-5H3/b25-15+. The maximum absolute atomic E-state index is 13.9. The van der Waals surface area contributed by atoms with Gasteiger partial charge in [-0.15, -0.1) is 0 Å². The van der Waals surface area contributed by atoms with Crippen molar-refractivity contribution in [3.63, 3.8) is 0 Å². The molecule has 2 aromatic carbocycles. The fourth-order valence-corrected chi connectivity index (χ4v) is 6.47. The first-order chi connectivity index (χ1) is 18.2. The van der Waals surface area contributed by atoms with E-state index >= 15 is 0 Å². The number of allylic oxidation sites excluding steroid dienone is 1. The third-order valence-electron chi connectivity index (χ3n) is 6.80. The lowest BCUT2D eigenvalue weighted by atomic mass is 9.96. The number of carbonyl (C=O) groups excluding carboxylic acids is 1. The molecule has 3 heterocycles. The number of benzene rings is 2. The van der Waals surface area contributed by atoms with Gasteiger partial charge in [-0.05, 0) is 98.2 Å². The van der Waals surface area contributed by atoms with Crippen molar-refractivity contribution in [3.8, 4) is 5.69 Å². The zero-order valence-electron chi connectivity index (χ0n) is 21.9. The van der Waals surface area contributed by atoms with E-state index in [0.717, 1.165) is 28.2 Å². The number of ether oxygens (including phenoxy) is 1. The molecule has 5 rings (SSSR count). The van der Waals surface area contributed by atoms with Crippen molar-refractivity contribution in [2.24, 2.45) is 4.99 Å². The molecule has 0 N–H and O–H groups in total. The van der Waals surface area contributed by atoms with Gasteiger partial charge in [-0.25, -0.2) is 9.79 Å². The molecular weight excluding hydrogens is 609 g/mol. The Kier molecular flexibility index (Phi) is 7.28. The van der Waals surface area contributed by atoms with E-state index in [1.807, 2.05) is 36.4 Å². The average molecular weight is 638 g/mol. The van der Waals surface area contributed by atoms with Gasteiger partial charge in [-0.1, -0.05) is 47.7 Å². The molecule has 0 saturated carbocycles. The van der Waals surface area contributed by atoms with E-state index in [1.165, 1.54) is 20.5 Å². The minimum atomic E-state index is -0.601. The highest BCUT2D eigenvalue weighted by Gasteiger charge is 2.33. The zero-order valence-corrected chi connectivity index (χ0v) is 24.9. The van der Waals surface area contributed by atoms with Gasteiger partial charge in [0.2, 0.25) is 0 Å². The number of halogens is 1. The smallest absolute Gasteiger partial charge is 0.338 e. The normalized spacial score (nSPS) is 15.4. The molecule has 0 fully saturated rings. The van der Waals surface area contributed by atoms with Gasteiger partial charge in [-0.2, -0.15) is 0 Å². The summed E-state index contributed by atoms with van der Waals surface area (Å²) in [5.41, 5.74) is 7.07. The Morgan fingerprint density at radius 3 is 2.53 bits per heavy atom. The number of esters is 1. The third kappa shape index (κ3) is 4.60. The molecule has 1 unspecified atom stereocenters. The molecule has 4 aromatic rings. The molecule has 0 spiro atoms. The summed E-state index contributed by atoms with van der Waals surface area (Å²) in [6.07, 6.45) is 1.94.